The number of amides is 3. The van der Waals surface area contributed by atoms with E-state index in [0.717, 1.165) is 0 Å². The van der Waals surface area contributed by atoms with Crippen LogP contribution in [0.2, 0.25) is 0 Å². The zero-order valence-corrected chi connectivity index (χ0v) is 12.9. The van der Waals surface area contributed by atoms with Gasteiger partial charge in [-0.1, -0.05) is 6.07 Å². The largest absolute Gasteiger partial charge is 0.477 e. The maximum Gasteiger partial charge on any atom is 0.321 e. The molecule has 0 aliphatic heterocycles. The minimum absolute atomic E-state index is 0.0259. The smallest absolute Gasteiger partial charge is 0.321 e. The van der Waals surface area contributed by atoms with Crippen LogP contribution in [0.1, 0.15) is 26.3 Å². The van der Waals surface area contributed by atoms with Gasteiger partial charge in [-0.15, -0.1) is 0 Å². The van der Waals surface area contributed by atoms with E-state index in [9.17, 15) is 19.7 Å². The molecule has 3 amide bonds. The number of urea groups is 1. The molecule has 2 N–H and O–H groups in total. The van der Waals surface area contributed by atoms with Gasteiger partial charge in [-0.3, -0.25) is 20.2 Å². The van der Waals surface area contributed by atoms with Gasteiger partial charge < -0.3 is 10.1 Å². The number of nitro benzene ring substituents is 1. The number of ether oxygens (including phenoxy) is 1. The predicted octanol–water partition coefficient (Wildman–Crippen LogP) is 1.91. The summed E-state index contributed by atoms with van der Waals surface area (Å²) in [5, 5.41) is 15.5. The molecular weight excluding hydrogens is 290 g/mol. The van der Waals surface area contributed by atoms with Gasteiger partial charge in [-0.2, -0.15) is 0 Å². The van der Waals surface area contributed by atoms with Gasteiger partial charge in [0.15, 0.2) is 12.4 Å². The van der Waals surface area contributed by atoms with E-state index in [0.29, 0.717) is 5.56 Å². The Balaban J connectivity index is 2.62. The topological polar surface area (TPSA) is 111 Å². The van der Waals surface area contributed by atoms with Crippen molar-refractivity contribution in [1.82, 2.24) is 10.6 Å². The normalized spacial score (nSPS) is 10.7. The van der Waals surface area contributed by atoms with Crippen LogP contribution in [-0.2, 0) is 4.79 Å². The van der Waals surface area contributed by atoms with Crippen molar-refractivity contribution in [2.45, 2.75) is 33.2 Å². The van der Waals surface area contributed by atoms with Crippen LogP contribution in [0.4, 0.5) is 10.5 Å². The molecule has 8 nitrogen and oxygen atoms in total. The van der Waals surface area contributed by atoms with Gasteiger partial charge in [0.2, 0.25) is 0 Å². The van der Waals surface area contributed by atoms with E-state index in [2.05, 4.69) is 10.6 Å². The second kappa shape index (κ2) is 6.88. The molecule has 0 fully saturated rings. The van der Waals surface area contributed by atoms with Crippen LogP contribution in [0.25, 0.3) is 0 Å². The molecule has 0 spiro atoms. The Labute approximate surface area is 128 Å². The molecule has 0 heterocycles. The lowest BCUT2D eigenvalue weighted by molar-refractivity contribution is -0.385. The van der Waals surface area contributed by atoms with Gasteiger partial charge in [0.1, 0.15) is 0 Å². The number of aryl methyl sites for hydroxylation is 1. The third-order valence-electron chi connectivity index (χ3n) is 2.41. The predicted molar refractivity (Wildman–Crippen MR) is 79.8 cm³/mol. The fraction of sp³-hybridized carbons (Fsp3) is 0.429. The molecule has 0 saturated heterocycles. The first-order valence-corrected chi connectivity index (χ1v) is 6.58. The summed E-state index contributed by atoms with van der Waals surface area (Å²) in [5.74, 6) is -0.724. The highest BCUT2D eigenvalue weighted by atomic mass is 16.6. The number of imide groups is 1. The molecule has 1 aromatic carbocycles. The molecule has 0 saturated carbocycles. The molecule has 0 unspecified atom stereocenters. The van der Waals surface area contributed by atoms with Gasteiger partial charge in [-0.05, 0) is 39.3 Å². The molecular formula is C14H19N3O5. The quantitative estimate of drug-likeness (QED) is 0.652. The number of hydrogen-bond acceptors (Lipinski definition) is 5. The summed E-state index contributed by atoms with van der Waals surface area (Å²) < 4.78 is 5.11. The van der Waals surface area contributed by atoms with Crippen molar-refractivity contribution >= 4 is 17.6 Å². The number of benzene rings is 1. The van der Waals surface area contributed by atoms with Gasteiger partial charge in [-0.25, -0.2) is 4.79 Å². The number of rotatable bonds is 4. The van der Waals surface area contributed by atoms with E-state index in [4.69, 9.17) is 4.74 Å². The molecule has 0 radical (unpaired) electrons. The van der Waals surface area contributed by atoms with Crippen molar-refractivity contribution in [3.05, 3.63) is 33.9 Å². The Kier molecular flexibility index (Phi) is 5.44. The zero-order chi connectivity index (χ0) is 16.9. The summed E-state index contributed by atoms with van der Waals surface area (Å²) in [4.78, 5) is 33.4. The molecule has 8 heteroatoms. The molecule has 0 aliphatic rings. The minimum atomic E-state index is -0.698. The fourth-order valence-corrected chi connectivity index (χ4v) is 1.57. The average Bonchev–Trinajstić information content (AvgIpc) is 2.34. The SMILES string of the molecule is Cc1ccc(OCC(=O)NC(=O)NC(C)(C)C)c([N+](=O)[O-])c1. The summed E-state index contributed by atoms with van der Waals surface area (Å²) >= 11 is 0. The number of carbonyl (C=O) groups is 2. The number of nitrogens with one attached hydrogen (secondary N) is 2. The summed E-state index contributed by atoms with van der Waals surface area (Å²) in [7, 11) is 0. The highest BCUT2D eigenvalue weighted by Gasteiger charge is 2.18. The first-order chi connectivity index (χ1) is 10.1. The molecule has 1 aromatic rings. The number of nitrogens with zero attached hydrogens (tertiary/aromatic N) is 1. The lowest BCUT2D eigenvalue weighted by Crippen LogP contribution is -2.49. The third-order valence-corrected chi connectivity index (χ3v) is 2.41. The van der Waals surface area contributed by atoms with Crippen LogP contribution < -0.4 is 15.4 Å². The van der Waals surface area contributed by atoms with Crippen molar-refractivity contribution in [2.75, 3.05) is 6.61 Å². The summed E-state index contributed by atoms with van der Waals surface area (Å²) in [6.07, 6.45) is 0. The lowest BCUT2D eigenvalue weighted by atomic mass is 10.1. The van der Waals surface area contributed by atoms with Crippen LogP contribution >= 0.6 is 0 Å². The summed E-state index contributed by atoms with van der Waals surface area (Å²) in [6.45, 7) is 6.51. The van der Waals surface area contributed by atoms with Gasteiger partial charge in [0.25, 0.3) is 5.91 Å². The Morgan fingerprint density at radius 1 is 1.32 bits per heavy atom. The van der Waals surface area contributed by atoms with Gasteiger partial charge >= 0.3 is 11.7 Å². The Hall–Kier alpha value is -2.64. The molecule has 0 atom stereocenters. The maximum atomic E-state index is 11.6. The fourth-order valence-electron chi connectivity index (χ4n) is 1.57. The minimum Gasteiger partial charge on any atom is -0.477 e. The Morgan fingerprint density at radius 3 is 2.50 bits per heavy atom. The molecule has 0 aromatic heterocycles. The highest BCUT2D eigenvalue weighted by molar-refractivity contribution is 5.95. The van der Waals surface area contributed by atoms with E-state index in [-0.39, 0.29) is 11.4 Å². The monoisotopic (exact) mass is 309 g/mol. The van der Waals surface area contributed by atoms with Crippen molar-refractivity contribution in [2.24, 2.45) is 0 Å². The number of hydrogen-bond donors (Lipinski definition) is 2. The Bertz CT molecular complexity index is 593. The van der Waals surface area contributed by atoms with E-state index in [1.165, 1.54) is 12.1 Å². The van der Waals surface area contributed by atoms with Gasteiger partial charge in [0, 0.05) is 11.6 Å². The second-order valence-electron chi connectivity index (χ2n) is 5.77. The van der Waals surface area contributed by atoms with Crippen LogP contribution in [0.5, 0.6) is 5.75 Å². The molecule has 0 aliphatic carbocycles. The average molecular weight is 309 g/mol. The van der Waals surface area contributed by atoms with Gasteiger partial charge in [0.05, 0.1) is 4.92 Å². The summed E-state index contributed by atoms with van der Waals surface area (Å²) in [5.41, 5.74) is -0.0129. The molecule has 1 rings (SSSR count). The summed E-state index contributed by atoms with van der Waals surface area (Å²) in [6, 6.07) is 3.74. The lowest BCUT2D eigenvalue weighted by Gasteiger charge is -2.20. The maximum absolute atomic E-state index is 11.6. The molecule has 0 bridgehead atoms. The van der Waals surface area contributed by atoms with Crippen LogP contribution in [0.3, 0.4) is 0 Å². The number of carbonyl (C=O) groups excluding carboxylic acids is 2. The van der Waals surface area contributed by atoms with E-state index in [1.807, 2.05) is 0 Å². The van der Waals surface area contributed by atoms with Crippen molar-refractivity contribution in [3.8, 4) is 5.75 Å². The molecule has 120 valence electrons. The van der Waals surface area contributed by atoms with Crippen molar-refractivity contribution in [3.63, 3.8) is 0 Å². The second-order valence-corrected chi connectivity index (χ2v) is 5.77. The third kappa shape index (κ3) is 5.78. The standard InChI is InChI=1S/C14H19N3O5/c1-9-5-6-11(10(7-9)17(20)21)22-8-12(18)15-13(19)16-14(2,3)4/h5-7H,8H2,1-4H3,(H2,15,16,18,19). The first kappa shape index (κ1) is 17.4. The highest BCUT2D eigenvalue weighted by Crippen LogP contribution is 2.27. The van der Waals surface area contributed by atoms with Crippen LogP contribution in [0, 0.1) is 17.0 Å². The zero-order valence-electron chi connectivity index (χ0n) is 12.9. The number of nitro groups is 1. The van der Waals surface area contributed by atoms with Crippen molar-refractivity contribution in [1.29, 1.82) is 0 Å². The Morgan fingerprint density at radius 2 is 1.95 bits per heavy atom. The van der Waals surface area contributed by atoms with Crippen LogP contribution in [-0.4, -0.2) is 29.0 Å². The van der Waals surface area contributed by atoms with E-state index in [1.54, 1.807) is 33.8 Å². The van der Waals surface area contributed by atoms with Crippen molar-refractivity contribution < 1.29 is 19.2 Å². The van der Waals surface area contributed by atoms with Crippen LogP contribution in [0.15, 0.2) is 18.2 Å². The van der Waals surface area contributed by atoms with E-state index < -0.39 is 29.0 Å². The molecule has 22 heavy (non-hydrogen) atoms. The first-order valence-electron chi connectivity index (χ1n) is 6.58. The van der Waals surface area contributed by atoms with E-state index >= 15 is 0 Å².